The number of hydrogen-bond donors (Lipinski definition) is 3. The van der Waals surface area contributed by atoms with Crippen molar-refractivity contribution in [2.24, 2.45) is 5.73 Å². The fourth-order valence-electron chi connectivity index (χ4n) is 4.82. The minimum absolute atomic E-state index is 0.128. The first-order valence-electron chi connectivity index (χ1n) is 11.0. The van der Waals surface area contributed by atoms with Gasteiger partial charge in [-0.25, -0.2) is 9.50 Å². The molecular weight excluding hydrogens is 408 g/mol. The van der Waals surface area contributed by atoms with Crippen LogP contribution in [0.25, 0.3) is 27.1 Å². The summed E-state index contributed by atoms with van der Waals surface area (Å²) < 4.78 is 3.05. The molecule has 164 valence electrons. The third-order valence-electron chi connectivity index (χ3n) is 6.49. The van der Waals surface area contributed by atoms with Gasteiger partial charge in [-0.1, -0.05) is 13.8 Å². The average Bonchev–Trinajstić information content (AvgIpc) is 3.42. The second kappa shape index (κ2) is 7.70. The minimum atomic E-state index is -0.621. The van der Waals surface area contributed by atoms with Crippen molar-refractivity contribution >= 4 is 27.2 Å². The van der Waals surface area contributed by atoms with Crippen LogP contribution in [0, 0.1) is 6.92 Å². The summed E-state index contributed by atoms with van der Waals surface area (Å²) in [4.78, 5) is 11.1. The van der Waals surface area contributed by atoms with Crippen molar-refractivity contribution in [2.75, 3.05) is 6.54 Å². The molecule has 31 heavy (non-hydrogen) atoms. The lowest BCUT2D eigenvalue weighted by atomic mass is 9.99. The fraction of sp³-hybridized carbons (Fsp3) is 0.478. The van der Waals surface area contributed by atoms with E-state index in [-0.39, 0.29) is 6.04 Å². The van der Waals surface area contributed by atoms with Crippen LogP contribution in [0.5, 0.6) is 0 Å². The number of aliphatic hydroxyl groups is 1. The number of aromatic nitrogens is 4. The molecule has 8 heteroatoms. The predicted molar refractivity (Wildman–Crippen MR) is 125 cm³/mol. The molecule has 5 rings (SSSR count). The first-order valence-corrected chi connectivity index (χ1v) is 11.8. The molecule has 3 atom stereocenters. The summed E-state index contributed by atoms with van der Waals surface area (Å²) in [6, 6.07) is 4.72. The molecule has 0 amide bonds. The van der Waals surface area contributed by atoms with Crippen LogP contribution in [0.2, 0.25) is 0 Å². The van der Waals surface area contributed by atoms with E-state index in [2.05, 4.69) is 59.8 Å². The first kappa shape index (κ1) is 20.6. The highest BCUT2D eigenvalue weighted by Gasteiger charge is 2.31. The van der Waals surface area contributed by atoms with E-state index in [0.29, 0.717) is 12.0 Å². The van der Waals surface area contributed by atoms with Crippen molar-refractivity contribution in [3.8, 4) is 11.3 Å². The van der Waals surface area contributed by atoms with Crippen LogP contribution in [0.3, 0.4) is 0 Å². The van der Waals surface area contributed by atoms with Crippen LogP contribution < -0.4 is 5.73 Å². The van der Waals surface area contributed by atoms with E-state index in [4.69, 9.17) is 5.73 Å². The van der Waals surface area contributed by atoms with Crippen molar-refractivity contribution in [1.29, 1.82) is 0 Å². The Labute approximate surface area is 185 Å². The second-order valence-corrected chi connectivity index (χ2v) is 10.2. The molecule has 5 heterocycles. The fourth-order valence-corrected chi connectivity index (χ4v) is 6.14. The standard InChI is InChI=1S/C23H30N6OS/c1-12(2)19-20(15-7-13(3)22-25-11-26-29(22)9-15)27-17-8-18(31-21(17)19)23(30)28-10-16(24)6-5-14(28)4/h7-9,11-12,14,16,23,27,30H,5-6,10,24H2,1-4H3/t14-,16-,23?/m0/s1. The summed E-state index contributed by atoms with van der Waals surface area (Å²) in [6.07, 6.45) is 5.04. The van der Waals surface area contributed by atoms with Gasteiger partial charge in [-0.2, -0.15) is 5.10 Å². The molecule has 0 bridgehead atoms. The predicted octanol–water partition coefficient (Wildman–Crippen LogP) is 4.17. The molecule has 4 aromatic rings. The maximum absolute atomic E-state index is 11.1. The molecule has 0 radical (unpaired) electrons. The maximum Gasteiger partial charge on any atom is 0.158 e. The third kappa shape index (κ3) is 3.47. The molecule has 1 saturated heterocycles. The Morgan fingerprint density at radius 2 is 2.10 bits per heavy atom. The molecule has 4 N–H and O–H groups in total. The first-order chi connectivity index (χ1) is 14.8. The normalized spacial score (nSPS) is 21.5. The monoisotopic (exact) mass is 438 g/mol. The summed E-state index contributed by atoms with van der Waals surface area (Å²) in [5, 5.41) is 15.5. The van der Waals surface area contributed by atoms with Crippen LogP contribution in [-0.4, -0.2) is 48.2 Å². The largest absolute Gasteiger partial charge is 0.373 e. The third-order valence-corrected chi connectivity index (χ3v) is 7.69. The number of thiophene rings is 1. The van der Waals surface area contributed by atoms with Gasteiger partial charge in [0.25, 0.3) is 0 Å². The number of H-pyrrole nitrogens is 1. The maximum atomic E-state index is 11.1. The van der Waals surface area contributed by atoms with Crippen LogP contribution in [0.4, 0.5) is 0 Å². The van der Waals surface area contributed by atoms with E-state index < -0.39 is 6.23 Å². The molecule has 0 spiro atoms. The number of aromatic amines is 1. The molecule has 1 fully saturated rings. The average molecular weight is 439 g/mol. The number of hydrogen-bond acceptors (Lipinski definition) is 6. The molecule has 0 saturated carbocycles. The SMILES string of the molecule is Cc1cc(-c2[nH]c3cc(C(O)N4C[C@@H](N)CC[C@@H]4C)sc3c2C(C)C)cn2ncnc12. The van der Waals surface area contributed by atoms with Gasteiger partial charge in [-0.05, 0) is 55.9 Å². The number of piperidine rings is 1. The van der Waals surface area contributed by atoms with Crippen LogP contribution in [0.15, 0.2) is 24.7 Å². The molecular formula is C23H30N6OS. The van der Waals surface area contributed by atoms with Gasteiger partial charge in [0.1, 0.15) is 12.6 Å². The number of rotatable bonds is 4. The number of pyridine rings is 1. The van der Waals surface area contributed by atoms with Crippen molar-refractivity contribution in [2.45, 2.75) is 64.8 Å². The van der Waals surface area contributed by atoms with Gasteiger partial charge < -0.3 is 15.8 Å². The molecule has 4 aromatic heterocycles. The number of likely N-dealkylation sites (tertiary alicyclic amines) is 1. The molecule has 7 nitrogen and oxygen atoms in total. The molecule has 0 aromatic carbocycles. The summed E-state index contributed by atoms with van der Waals surface area (Å²) >= 11 is 1.68. The van der Waals surface area contributed by atoms with E-state index in [1.165, 1.54) is 10.3 Å². The highest BCUT2D eigenvalue weighted by Crippen LogP contribution is 2.42. The van der Waals surface area contributed by atoms with E-state index in [9.17, 15) is 5.11 Å². The van der Waals surface area contributed by atoms with Gasteiger partial charge in [0.2, 0.25) is 0 Å². The van der Waals surface area contributed by atoms with Gasteiger partial charge in [-0.3, -0.25) is 4.90 Å². The topological polar surface area (TPSA) is 95.5 Å². The molecule has 1 unspecified atom stereocenters. The van der Waals surface area contributed by atoms with Crippen molar-refractivity contribution in [3.05, 3.63) is 40.7 Å². The molecule has 0 aliphatic carbocycles. The highest BCUT2D eigenvalue weighted by molar-refractivity contribution is 7.19. The van der Waals surface area contributed by atoms with Gasteiger partial charge in [0.05, 0.1) is 20.8 Å². The highest BCUT2D eigenvalue weighted by atomic mass is 32.1. The van der Waals surface area contributed by atoms with E-state index in [1.54, 1.807) is 17.7 Å². The van der Waals surface area contributed by atoms with Crippen LogP contribution in [0.1, 0.15) is 61.8 Å². The molecule has 1 aliphatic rings. The number of nitrogens with zero attached hydrogens (tertiary/aromatic N) is 4. The van der Waals surface area contributed by atoms with Gasteiger partial charge in [0.15, 0.2) is 5.65 Å². The number of fused-ring (bicyclic) bond motifs is 2. The lowest BCUT2D eigenvalue weighted by molar-refractivity contribution is -0.0401. The quantitative estimate of drug-likeness (QED) is 0.444. The lowest BCUT2D eigenvalue weighted by Crippen LogP contribution is -2.48. The van der Waals surface area contributed by atoms with Crippen LogP contribution in [-0.2, 0) is 0 Å². The summed E-state index contributed by atoms with van der Waals surface area (Å²) in [5.74, 6) is 0.335. The summed E-state index contributed by atoms with van der Waals surface area (Å²) in [5.41, 5.74) is 12.7. The van der Waals surface area contributed by atoms with Gasteiger partial charge in [-0.15, -0.1) is 11.3 Å². The number of nitrogens with two attached hydrogens (primary N) is 1. The van der Waals surface area contributed by atoms with Crippen molar-refractivity contribution in [1.82, 2.24) is 24.5 Å². The van der Waals surface area contributed by atoms with Gasteiger partial charge in [0, 0.05) is 30.4 Å². The van der Waals surface area contributed by atoms with Gasteiger partial charge >= 0.3 is 0 Å². The Kier molecular flexibility index (Phi) is 5.13. The Morgan fingerprint density at radius 3 is 2.87 bits per heavy atom. The second-order valence-electron chi connectivity index (χ2n) is 9.16. The number of aliphatic hydroxyl groups excluding tert-OH is 1. The smallest absolute Gasteiger partial charge is 0.158 e. The Bertz CT molecular complexity index is 1240. The zero-order chi connectivity index (χ0) is 21.9. The zero-order valence-electron chi connectivity index (χ0n) is 18.5. The Balaban J connectivity index is 1.57. The zero-order valence-corrected chi connectivity index (χ0v) is 19.3. The van der Waals surface area contributed by atoms with Crippen LogP contribution >= 0.6 is 11.3 Å². The van der Waals surface area contributed by atoms with E-state index in [0.717, 1.165) is 52.2 Å². The minimum Gasteiger partial charge on any atom is -0.373 e. The Hall–Kier alpha value is -2.26. The summed E-state index contributed by atoms with van der Waals surface area (Å²) in [7, 11) is 0. The van der Waals surface area contributed by atoms with E-state index >= 15 is 0 Å². The number of nitrogens with one attached hydrogen (secondary N) is 1. The summed E-state index contributed by atoms with van der Waals surface area (Å²) in [6.45, 7) is 9.40. The number of aryl methyl sites for hydroxylation is 1. The lowest BCUT2D eigenvalue weighted by Gasteiger charge is -2.39. The molecule has 1 aliphatic heterocycles. The van der Waals surface area contributed by atoms with Crippen molar-refractivity contribution in [3.63, 3.8) is 0 Å². The van der Waals surface area contributed by atoms with E-state index in [1.807, 2.05) is 10.7 Å². The Morgan fingerprint density at radius 1 is 1.29 bits per heavy atom. The van der Waals surface area contributed by atoms with Crippen molar-refractivity contribution < 1.29 is 5.11 Å².